The highest BCUT2D eigenvalue weighted by Gasteiger charge is 2.02. The van der Waals surface area contributed by atoms with Gasteiger partial charge in [0.05, 0.1) is 0 Å². The Bertz CT molecular complexity index is 139. The molecule has 0 saturated carbocycles. The van der Waals surface area contributed by atoms with Crippen LogP contribution in [0.1, 0.15) is 39.5 Å². The molecule has 2 atom stereocenters. The van der Waals surface area contributed by atoms with Crippen LogP contribution in [0.5, 0.6) is 0 Å². The first-order valence-corrected chi connectivity index (χ1v) is 5.57. The number of hydrogen-bond donors (Lipinski definition) is 2. The zero-order chi connectivity index (χ0) is 10.8. The van der Waals surface area contributed by atoms with Gasteiger partial charge >= 0.3 is 0 Å². The summed E-state index contributed by atoms with van der Waals surface area (Å²) in [4.78, 5) is 10.0. The molecule has 2 unspecified atom stereocenters. The van der Waals surface area contributed by atoms with Crippen LogP contribution in [0, 0.1) is 11.8 Å². The van der Waals surface area contributed by atoms with Crippen molar-refractivity contribution in [1.82, 2.24) is 5.32 Å². The highest BCUT2D eigenvalue weighted by Crippen LogP contribution is 2.11. The van der Waals surface area contributed by atoms with E-state index in [1.54, 1.807) is 0 Å². The molecule has 0 fully saturated rings. The van der Waals surface area contributed by atoms with Crippen molar-refractivity contribution < 1.29 is 4.79 Å². The van der Waals surface area contributed by atoms with Gasteiger partial charge in [0.2, 0.25) is 6.41 Å². The van der Waals surface area contributed by atoms with Crippen LogP contribution in [0.3, 0.4) is 0 Å². The van der Waals surface area contributed by atoms with Gasteiger partial charge in [0.1, 0.15) is 0 Å². The van der Waals surface area contributed by atoms with E-state index in [4.69, 9.17) is 5.73 Å². The number of nitrogens with two attached hydrogens (primary N) is 1. The first-order valence-electron chi connectivity index (χ1n) is 5.57. The Hall–Kier alpha value is -0.570. The zero-order valence-electron chi connectivity index (χ0n) is 9.46. The van der Waals surface area contributed by atoms with E-state index in [1.807, 2.05) is 0 Å². The average Bonchev–Trinajstić information content (AvgIpc) is 2.21. The largest absolute Gasteiger partial charge is 0.358 e. The van der Waals surface area contributed by atoms with Gasteiger partial charge in [-0.3, -0.25) is 4.79 Å². The topological polar surface area (TPSA) is 55.1 Å². The van der Waals surface area contributed by atoms with Crippen LogP contribution in [0.2, 0.25) is 0 Å². The fraction of sp³-hybridized carbons (Fsp3) is 0.909. The second-order valence-electron chi connectivity index (χ2n) is 4.26. The summed E-state index contributed by atoms with van der Waals surface area (Å²) in [5.74, 6) is 1.24. The maximum absolute atomic E-state index is 10.0. The lowest BCUT2D eigenvalue weighted by Gasteiger charge is -2.11. The van der Waals surface area contributed by atoms with Crippen molar-refractivity contribution >= 4 is 6.41 Å². The van der Waals surface area contributed by atoms with Crippen molar-refractivity contribution in [2.24, 2.45) is 17.6 Å². The molecule has 3 N–H and O–H groups in total. The number of hydrogen-bond acceptors (Lipinski definition) is 2. The fourth-order valence-electron chi connectivity index (χ4n) is 1.45. The zero-order valence-corrected chi connectivity index (χ0v) is 9.46. The van der Waals surface area contributed by atoms with Crippen molar-refractivity contribution in [1.29, 1.82) is 0 Å². The summed E-state index contributed by atoms with van der Waals surface area (Å²) in [6.07, 6.45) is 5.69. The standard InChI is InChI=1S/C11H24N2O/c1-10(7-12)5-3-4-6-11(2)8-13-9-14/h9-11H,3-8,12H2,1-2H3,(H,13,14). The van der Waals surface area contributed by atoms with Gasteiger partial charge < -0.3 is 11.1 Å². The molecule has 0 radical (unpaired) electrons. The highest BCUT2D eigenvalue weighted by atomic mass is 16.1. The van der Waals surface area contributed by atoms with E-state index in [-0.39, 0.29) is 0 Å². The third-order valence-corrected chi connectivity index (χ3v) is 2.60. The van der Waals surface area contributed by atoms with Gasteiger partial charge in [-0.25, -0.2) is 0 Å². The maximum Gasteiger partial charge on any atom is 0.207 e. The van der Waals surface area contributed by atoms with Gasteiger partial charge in [0.15, 0.2) is 0 Å². The maximum atomic E-state index is 10.0. The minimum atomic E-state index is 0.591. The third-order valence-electron chi connectivity index (χ3n) is 2.60. The normalized spacial score (nSPS) is 14.8. The summed E-state index contributed by atoms with van der Waals surface area (Å²) in [6, 6.07) is 0. The molecule has 0 aromatic rings. The van der Waals surface area contributed by atoms with Gasteiger partial charge in [0.25, 0.3) is 0 Å². The van der Waals surface area contributed by atoms with E-state index in [1.165, 1.54) is 25.7 Å². The van der Waals surface area contributed by atoms with Gasteiger partial charge in [-0.15, -0.1) is 0 Å². The molecule has 3 nitrogen and oxygen atoms in total. The van der Waals surface area contributed by atoms with Gasteiger partial charge in [-0.2, -0.15) is 0 Å². The lowest BCUT2D eigenvalue weighted by Crippen LogP contribution is -2.19. The van der Waals surface area contributed by atoms with Crippen LogP contribution in [-0.4, -0.2) is 19.5 Å². The Kier molecular flexibility index (Phi) is 8.64. The molecule has 0 spiro atoms. The minimum Gasteiger partial charge on any atom is -0.358 e. The second-order valence-corrected chi connectivity index (χ2v) is 4.26. The van der Waals surface area contributed by atoms with Crippen LogP contribution in [0.15, 0.2) is 0 Å². The van der Waals surface area contributed by atoms with Crippen molar-refractivity contribution in [3.8, 4) is 0 Å². The number of nitrogens with one attached hydrogen (secondary N) is 1. The van der Waals surface area contributed by atoms with E-state index >= 15 is 0 Å². The Balaban J connectivity index is 3.22. The van der Waals surface area contributed by atoms with Gasteiger partial charge in [-0.1, -0.05) is 26.7 Å². The summed E-state index contributed by atoms with van der Waals surface area (Å²) in [7, 11) is 0. The molecular formula is C11H24N2O. The lowest BCUT2D eigenvalue weighted by molar-refractivity contribution is -0.109. The van der Waals surface area contributed by atoms with Crippen LogP contribution in [0.25, 0.3) is 0 Å². The average molecular weight is 200 g/mol. The molecule has 0 aliphatic heterocycles. The summed E-state index contributed by atoms with van der Waals surface area (Å²) in [5.41, 5.74) is 5.53. The van der Waals surface area contributed by atoms with E-state index < -0.39 is 0 Å². The summed E-state index contributed by atoms with van der Waals surface area (Å²) in [6.45, 7) is 5.96. The lowest BCUT2D eigenvalue weighted by atomic mass is 9.99. The van der Waals surface area contributed by atoms with Crippen LogP contribution >= 0.6 is 0 Å². The SMILES string of the molecule is CC(CN)CCCCC(C)CNC=O. The molecule has 3 heteroatoms. The molecule has 0 aromatic heterocycles. The highest BCUT2D eigenvalue weighted by molar-refractivity contribution is 5.45. The predicted octanol–water partition coefficient (Wildman–Crippen LogP) is 1.52. The summed E-state index contributed by atoms with van der Waals surface area (Å²) in [5, 5.41) is 2.71. The monoisotopic (exact) mass is 200 g/mol. The van der Waals surface area contributed by atoms with Crippen molar-refractivity contribution in [2.75, 3.05) is 13.1 Å². The molecular weight excluding hydrogens is 176 g/mol. The van der Waals surface area contributed by atoms with E-state index in [2.05, 4.69) is 19.2 Å². The van der Waals surface area contributed by atoms with E-state index in [0.29, 0.717) is 11.8 Å². The molecule has 0 saturated heterocycles. The van der Waals surface area contributed by atoms with E-state index in [0.717, 1.165) is 19.5 Å². The smallest absolute Gasteiger partial charge is 0.207 e. The van der Waals surface area contributed by atoms with Crippen LogP contribution in [0.4, 0.5) is 0 Å². The number of carbonyl (C=O) groups is 1. The molecule has 84 valence electrons. The molecule has 0 aliphatic carbocycles. The fourth-order valence-corrected chi connectivity index (χ4v) is 1.45. The third kappa shape index (κ3) is 8.05. The molecule has 0 rings (SSSR count). The number of carbonyl (C=O) groups excluding carboxylic acids is 1. The predicted molar refractivity (Wildman–Crippen MR) is 59.9 cm³/mol. The molecule has 0 aromatic carbocycles. The Labute approximate surface area is 87.4 Å². The Morgan fingerprint density at radius 3 is 2.29 bits per heavy atom. The molecule has 0 bridgehead atoms. The van der Waals surface area contributed by atoms with Crippen LogP contribution < -0.4 is 11.1 Å². The first kappa shape index (κ1) is 13.4. The van der Waals surface area contributed by atoms with Crippen molar-refractivity contribution in [2.45, 2.75) is 39.5 Å². The Morgan fingerprint density at radius 1 is 1.21 bits per heavy atom. The molecule has 0 aliphatic rings. The van der Waals surface area contributed by atoms with Crippen molar-refractivity contribution in [3.63, 3.8) is 0 Å². The van der Waals surface area contributed by atoms with Gasteiger partial charge in [0, 0.05) is 6.54 Å². The number of rotatable bonds is 9. The minimum absolute atomic E-state index is 0.591. The number of unbranched alkanes of at least 4 members (excludes halogenated alkanes) is 1. The molecule has 1 amide bonds. The van der Waals surface area contributed by atoms with Crippen molar-refractivity contribution in [3.05, 3.63) is 0 Å². The number of amides is 1. The van der Waals surface area contributed by atoms with E-state index in [9.17, 15) is 4.79 Å². The Morgan fingerprint density at radius 2 is 1.79 bits per heavy atom. The quantitative estimate of drug-likeness (QED) is 0.438. The molecule has 0 heterocycles. The first-order chi connectivity index (χ1) is 6.70. The molecule has 14 heavy (non-hydrogen) atoms. The van der Waals surface area contributed by atoms with Gasteiger partial charge in [-0.05, 0) is 31.2 Å². The van der Waals surface area contributed by atoms with Crippen LogP contribution in [-0.2, 0) is 4.79 Å². The second kappa shape index (κ2) is 9.00. The summed E-state index contributed by atoms with van der Waals surface area (Å²) < 4.78 is 0. The summed E-state index contributed by atoms with van der Waals surface area (Å²) >= 11 is 0.